The number of amides is 3. The van der Waals surface area contributed by atoms with E-state index in [0.717, 1.165) is 5.39 Å². The van der Waals surface area contributed by atoms with Crippen LogP contribution in [0, 0.1) is 5.92 Å². The molecular weight excluding hydrogens is 424 g/mol. The van der Waals surface area contributed by atoms with Crippen LogP contribution in [0.3, 0.4) is 0 Å². The van der Waals surface area contributed by atoms with Gasteiger partial charge in [0.2, 0.25) is 11.8 Å². The van der Waals surface area contributed by atoms with Crippen molar-refractivity contribution in [1.29, 1.82) is 0 Å². The van der Waals surface area contributed by atoms with Crippen LogP contribution in [0.1, 0.15) is 23.3 Å². The maximum atomic E-state index is 13.2. The second-order valence-electron chi connectivity index (χ2n) is 7.88. The molecule has 1 aromatic heterocycles. The summed E-state index contributed by atoms with van der Waals surface area (Å²) in [6.45, 7) is 0.943. The molecule has 0 bridgehead atoms. The molecule has 1 aromatic carbocycles. The number of hydrogen-bond acceptors (Lipinski definition) is 5. The van der Waals surface area contributed by atoms with Crippen LogP contribution in [0.15, 0.2) is 24.3 Å². The van der Waals surface area contributed by atoms with Gasteiger partial charge in [-0.15, -0.1) is 0 Å². The highest BCUT2D eigenvalue weighted by molar-refractivity contribution is 6.35. The SMILES string of the molecule is O=C1NCC[C@H]1C[C@@H](CO)NC(=O)[C@@H]1COCCN1C(=O)c1cc2cccc(Cl)c2[nH]1. The van der Waals surface area contributed by atoms with Crippen LogP contribution in [0.5, 0.6) is 0 Å². The van der Waals surface area contributed by atoms with Crippen molar-refractivity contribution in [3.63, 3.8) is 0 Å². The molecule has 2 aliphatic rings. The summed E-state index contributed by atoms with van der Waals surface area (Å²) in [6.07, 6.45) is 1.02. The number of para-hydroxylation sites is 1. The first kappa shape index (κ1) is 21.6. The Balaban J connectivity index is 1.47. The zero-order valence-electron chi connectivity index (χ0n) is 16.9. The number of nitrogens with zero attached hydrogens (tertiary/aromatic N) is 1. The van der Waals surface area contributed by atoms with Gasteiger partial charge in [0.1, 0.15) is 11.7 Å². The van der Waals surface area contributed by atoms with Gasteiger partial charge < -0.3 is 30.4 Å². The predicted octanol–water partition coefficient (Wildman–Crippen LogP) is 0.666. The lowest BCUT2D eigenvalue weighted by atomic mass is 9.98. The van der Waals surface area contributed by atoms with Crippen molar-refractivity contribution in [3.8, 4) is 0 Å². The van der Waals surface area contributed by atoms with Gasteiger partial charge in [-0.1, -0.05) is 23.7 Å². The standard InChI is InChI=1S/C21H25ClN4O5/c22-15-3-1-2-12-9-16(25-18(12)15)21(30)26-6-7-31-11-17(26)20(29)24-14(10-27)8-13-4-5-23-19(13)28/h1-3,9,13-14,17,25,27H,4-8,10-11H2,(H,23,28)(H,24,29)/t13-,14-,17-/m0/s1. The number of carbonyl (C=O) groups is 3. The van der Waals surface area contributed by atoms with Crippen LogP contribution in [0.4, 0.5) is 0 Å². The van der Waals surface area contributed by atoms with E-state index in [2.05, 4.69) is 15.6 Å². The molecule has 10 heteroatoms. The van der Waals surface area contributed by atoms with Gasteiger partial charge in [-0.05, 0) is 25.0 Å². The fraction of sp³-hybridized carbons (Fsp3) is 0.476. The summed E-state index contributed by atoms with van der Waals surface area (Å²) < 4.78 is 5.45. The number of hydrogen-bond donors (Lipinski definition) is 4. The summed E-state index contributed by atoms with van der Waals surface area (Å²) in [4.78, 5) is 42.5. The minimum atomic E-state index is -0.838. The fourth-order valence-corrected chi connectivity index (χ4v) is 4.37. The molecule has 2 aromatic rings. The first-order valence-corrected chi connectivity index (χ1v) is 10.7. The Kier molecular flexibility index (Phi) is 6.45. The molecule has 0 spiro atoms. The summed E-state index contributed by atoms with van der Waals surface area (Å²) in [5.74, 6) is -1.05. The lowest BCUT2D eigenvalue weighted by Gasteiger charge is -2.35. The van der Waals surface area contributed by atoms with Crippen LogP contribution in [0.25, 0.3) is 10.9 Å². The first-order valence-electron chi connectivity index (χ1n) is 10.3. The highest BCUT2D eigenvalue weighted by atomic mass is 35.5. The Morgan fingerprint density at radius 3 is 2.94 bits per heavy atom. The summed E-state index contributed by atoms with van der Waals surface area (Å²) in [7, 11) is 0. The number of rotatable bonds is 6. The van der Waals surface area contributed by atoms with Gasteiger partial charge in [-0.2, -0.15) is 0 Å². The number of aromatic nitrogens is 1. The van der Waals surface area contributed by atoms with Crippen molar-refractivity contribution in [3.05, 3.63) is 35.0 Å². The van der Waals surface area contributed by atoms with Crippen LogP contribution < -0.4 is 10.6 Å². The summed E-state index contributed by atoms with van der Waals surface area (Å²) in [6, 6.07) is 5.68. The Morgan fingerprint density at radius 2 is 2.23 bits per heavy atom. The smallest absolute Gasteiger partial charge is 0.271 e. The van der Waals surface area contributed by atoms with Gasteiger partial charge in [0.25, 0.3) is 5.91 Å². The number of fused-ring (bicyclic) bond motifs is 1. The minimum absolute atomic E-state index is 0.0562. The maximum absolute atomic E-state index is 13.2. The van der Waals surface area contributed by atoms with E-state index in [9.17, 15) is 19.5 Å². The molecule has 2 fully saturated rings. The van der Waals surface area contributed by atoms with Gasteiger partial charge in [0.05, 0.1) is 36.4 Å². The molecule has 3 atom stereocenters. The molecule has 0 unspecified atom stereocenters. The average Bonchev–Trinajstić information content (AvgIpc) is 3.39. The highest BCUT2D eigenvalue weighted by Gasteiger charge is 2.36. The second kappa shape index (κ2) is 9.25. The number of nitrogens with one attached hydrogen (secondary N) is 3. The van der Waals surface area contributed by atoms with Gasteiger partial charge >= 0.3 is 0 Å². The molecule has 3 amide bonds. The summed E-state index contributed by atoms with van der Waals surface area (Å²) >= 11 is 6.20. The molecular formula is C21H25ClN4O5. The third-order valence-corrected chi connectivity index (χ3v) is 6.14. The monoisotopic (exact) mass is 448 g/mol. The zero-order chi connectivity index (χ0) is 22.0. The van der Waals surface area contributed by atoms with E-state index in [1.165, 1.54) is 4.90 Å². The third kappa shape index (κ3) is 4.53. The predicted molar refractivity (Wildman–Crippen MR) is 114 cm³/mol. The zero-order valence-corrected chi connectivity index (χ0v) is 17.7. The van der Waals surface area contributed by atoms with Crippen LogP contribution in [0.2, 0.25) is 5.02 Å². The number of carbonyl (C=O) groups excluding carboxylic acids is 3. The van der Waals surface area contributed by atoms with Crippen molar-refractivity contribution in [2.24, 2.45) is 5.92 Å². The number of benzene rings is 1. The van der Waals surface area contributed by atoms with E-state index >= 15 is 0 Å². The van der Waals surface area contributed by atoms with Crippen molar-refractivity contribution in [1.82, 2.24) is 20.5 Å². The molecule has 31 heavy (non-hydrogen) atoms. The van der Waals surface area contributed by atoms with Crippen molar-refractivity contribution in [2.45, 2.75) is 24.9 Å². The molecule has 2 saturated heterocycles. The number of halogens is 1. The summed E-state index contributed by atoms with van der Waals surface area (Å²) in [5.41, 5.74) is 1.00. The maximum Gasteiger partial charge on any atom is 0.271 e. The highest BCUT2D eigenvalue weighted by Crippen LogP contribution is 2.25. The second-order valence-corrected chi connectivity index (χ2v) is 8.28. The molecule has 3 heterocycles. The third-order valence-electron chi connectivity index (χ3n) is 5.83. The molecule has 0 saturated carbocycles. The Morgan fingerprint density at radius 1 is 1.39 bits per heavy atom. The van der Waals surface area contributed by atoms with E-state index in [0.29, 0.717) is 42.2 Å². The molecule has 4 N–H and O–H groups in total. The normalized spacial score (nSPS) is 22.4. The van der Waals surface area contributed by atoms with Crippen molar-refractivity contribution >= 4 is 40.2 Å². The number of aliphatic hydroxyl groups excluding tert-OH is 1. The van der Waals surface area contributed by atoms with E-state index in [1.54, 1.807) is 18.2 Å². The van der Waals surface area contributed by atoms with Gasteiger partial charge in [0, 0.05) is 24.4 Å². The minimum Gasteiger partial charge on any atom is -0.394 e. The number of aliphatic hydroxyl groups is 1. The Labute approximate surface area is 184 Å². The Hall–Kier alpha value is -2.62. The van der Waals surface area contributed by atoms with E-state index < -0.39 is 18.0 Å². The van der Waals surface area contributed by atoms with Gasteiger partial charge in [-0.25, -0.2) is 0 Å². The van der Waals surface area contributed by atoms with Gasteiger partial charge in [0.15, 0.2) is 0 Å². The lowest BCUT2D eigenvalue weighted by molar-refractivity contribution is -0.132. The molecule has 4 rings (SSSR count). The molecule has 9 nitrogen and oxygen atoms in total. The molecule has 2 aliphatic heterocycles. The molecule has 0 aliphatic carbocycles. The summed E-state index contributed by atoms with van der Waals surface area (Å²) in [5, 5.41) is 16.6. The fourth-order valence-electron chi connectivity index (χ4n) is 4.14. The largest absolute Gasteiger partial charge is 0.394 e. The first-order chi connectivity index (χ1) is 15.0. The van der Waals surface area contributed by atoms with Crippen molar-refractivity contribution < 1.29 is 24.2 Å². The number of morpholine rings is 1. The molecule has 0 radical (unpaired) electrons. The quantitative estimate of drug-likeness (QED) is 0.517. The van der Waals surface area contributed by atoms with Crippen LogP contribution >= 0.6 is 11.6 Å². The molecule has 166 valence electrons. The average molecular weight is 449 g/mol. The van der Waals surface area contributed by atoms with E-state index in [-0.39, 0.29) is 37.5 Å². The van der Waals surface area contributed by atoms with E-state index in [1.807, 2.05) is 6.07 Å². The van der Waals surface area contributed by atoms with Crippen LogP contribution in [-0.4, -0.2) is 77.7 Å². The van der Waals surface area contributed by atoms with Gasteiger partial charge in [-0.3, -0.25) is 14.4 Å². The van der Waals surface area contributed by atoms with E-state index in [4.69, 9.17) is 16.3 Å². The van der Waals surface area contributed by atoms with Crippen LogP contribution in [-0.2, 0) is 14.3 Å². The number of ether oxygens (including phenoxy) is 1. The lowest BCUT2D eigenvalue weighted by Crippen LogP contribution is -2.57. The number of aromatic amines is 1. The topological polar surface area (TPSA) is 124 Å². The van der Waals surface area contributed by atoms with Crippen molar-refractivity contribution in [2.75, 3.05) is 32.9 Å². The Bertz CT molecular complexity index is 993. The number of H-pyrrole nitrogens is 1.